The molecule has 0 unspecified atom stereocenters. The SMILES string of the molecule is Clc1ccc(-c2nn3c(C45CC6CC(CC(C6)C4)C5)nnc3s2)cc1Cl. The Morgan fingerprint density at radius 2 is 1.65 bits per heavy atom. The van der Waals surface area contributed by atoms with Crippen molar-refractivity contribution in [3.05, 3.63) is 34.1 Å². The van der Waals surface area contributed by atoms with Gasteiger partial charge in [-0.2, -0.15) is 9.61 Å². The van der Waals surface area contributed by atoms with E-state index in [1.165, 1.54) is 38.5 Å². The first-order valence-corrected chi connectivity index (χ1v) is 10.8. The Labute approximate surface area is 165 Å². The zero-order valence-corrected chi connectivity index (χ0v) is 16.5. The Morgan fingerprint density at radius 1 is 0.962 bits per heavy atom. The first kappa shape index (κ1) is 15.8. The fourth-order valence-corrected chi connectivity index (χ4v) is 7.21. The number of benzene rings is 1. The minimum absolute atomic E-state index is 0.192. The van der Waals surface area contributed by atoms with E-state index in [0.29, 0.717) is 10.0 Å². The van der Waals surface area contributed by atoms with Crippen LogP contribution in [0.4, 0.5) is 0 Å². The van der Waals surface area contributed by atoms with E-state index in [2.05, 4.69) is 10.2 Å². The smallest absolute Gasteiger partial charge is 0.186 e. The summed E-state index contributed by atoms with van der Waals surface area (Å²) >= 11 is 13.8. The van der Waals surface area contributed by atoms with Gasteiger partial charge in [0.05, 0.1) is 10.0 Å². The molecule has 2 aromatic heterocycles. The molecule has 2 heterocycles. The van der Waals surface area contributed by atoms with Crippen molar-refractivity contribution in [1.29, 1.82) is 0 Å². The maximum Gasteiger partial charge on any atom is 0.235 e. The molecule has 0 radical (unpaired) electrons. The lowest BCUT2D eigenvalue weighted by molar-refractivity contribution is -0.0103. The zero-order valence-electron chi connectivity index (χ0n) is 14.2. The maximum absolute atomic E-state index is 6.19. The summed E-state index contributed by atoms with van der Waals surface area (Å²) in [4.78, 5) is 0.872. The van der Waals surface area contributed by atoms with Crippen LogP contribution in [-0.4, -0.2) is 19.8 Å². The van der Waals surface area contributed by atoms with Gasteiger partial charge in [0.25, 0.3) is 0 Å². The van der Waals surface area contributed by atoms with Crippen molar-refractivity contribution in [3.8, 4) is 10.6 Å². The summed E-state index contributed by atoms with van der Waals surface area (Å²) < 4.78 is 2.01. The Hall–Kier alpha value is -1.17. The average Bonchev–Trinajstić information content (AvgIpc) is 3.16. The molecule has 4 aliphatic rings. The van der Waals surface area contributed by atoms with E-state index in [-0.39, 0.29) is 5.41 Å². The molecule has 0 atom stereocenters. The number of rotatable bonds is 2. The normalized spacial score (nSPS) is 32.6. The highest BCUT2D eigenvalue weighted by molar-refractivity contribution is 7.19. The summed E-state index contributed by atoms with van der Waals surface area (Å²) in [7, 11) is 0. The standard InChI is InChI=1S/C19H18Cl2N4S/c20-14-2-1-13(6-15(14)21)16-24-25-17(22-23-18(25)26-16)19-7-10-3-11(8-19)5-12(4-10)9-19/h1-2,6,10-12H,3-5,7-9H2. The van der Waals surface area contributed by atoms with Gasteiger partial charge in [-0.3, -0.25) is 0 Å². The predicted molar refractivity (Wildman–Crippen MR) is 104 cm³/mol. The first-order valence-electron chi connectivity index (χ1n) is 9.28. The summed E-state index contributed by atoms with van der Waals surface area (Å²) in [5.74, 6) is 3.72. The molecule has 3 aromatic rings. The quantitative estimate of drug-likeness (QED) is 0.555. The van der Waals surface area contributed by atoms with E-state index in [0.717, 1.165) is 39.1 Å². The van der Waals surface area contributed by atoms with Crippen LogP contribution in [-0.2, 0) is 5.41 Å². The molecule has 4 saturated carbocycles. The number of hydrogen-bond acceptors (Lipinski definition) is 4. The number of halogens is 2. The van der Waals surface area contributed by atoms with E-state index in [1.807, 2.05) is 22.7 Å². The lowest BCUT2D eigenvalue weighted by Gasteiger charge is -2.55. The zero-order chi connectivity index (χ0) is 17.5. The molecule has 4 aliphatic carbocycles. The molecule has 1 aromatic carbocycles. The molecule has 0 saturated heterocycles. The molecule has 0 spiro atoms. The Bertz CT molecular complexity index is 989. The van der Waals surface area contributed by atoms with Gasteiger partial charge < -0.3 is 0 Å². The molecule has 4 bridgehead atoms. The summed E-state index contributed by atoms with van der Waals surface area (Å²) in [5, 5.41) is 16.0. The Kier molecular flexibility index (Phi) is 3.31. The summed E-state index contributed by atoms with van der Waals surface area (Å²) in [5.41, 5.74) is 1.17. The van der Waals surface area contributed by atoms with Gasteiger partial charge in [0.2, 0.25) is 4.96 Å². The van der Waals surface area contributed by atoms with E-state index in [4.69, 9.17) is 28.3 Å². The molecule has 4 fully saturated rings. The molecule has 4 nitrogen and oxygen atoms in total. The third-order valence-electron chi connectivity index (χ3n) is 6.67. The maximum atomic E-state index is 6.19. The largest absolute Gasteiger partial charge is 0.235 e. The highest BCUT2D eigenvalue weighted by Crippen LogP contribution is 2.60. The molecule has 26 heavy (non-hydrogen) atoms. The second-order valence-corrected chi connectivity index (χ2v) is 10.2. The molecular formula is C19H18Cl2N4S. The molecule has 0 N–H and O–H groups in total. The fourth-order valence-electron chi connectivity index (χ4n) is 6.08. The highest BCUT2D eigenvalue weighted by atomic mass is 35.5. The Morgan fingerprint density at radius 3 is 2.31 bits per heavy atom. The predicted octanol–water partition coefficient (Wildman–Crippen LogP) is 5.63. The third kappa shape index (κ3) is 2.23. The van der Waals surface area contributed by atoms with Crippen LogP contribution in [0.5, 0.6) is 0 Å². The van der Waals surface area contributed by atoms with Gasteiger partial charge in [0, 0.05) is 11.0 Å². The van der Waals surface area contributed by atoms with Gasteiger partial charge in [-0.25, -0.2) is 0 Å². The molecule has 0 amide bonds. The molecule has 134 valence electrons. The van der Waals surface area contributed by atoms with Crippen LogP contribution in [0.25, 0.3) is 15.5 Å². The van der Waals surface area contributed by atoms with Crippen LogP contribution >= 0.6 is 34.5 Å². The fraction of sp³-hybridized carbons (Fsp3) is 0.526. The number of nitrogens with zero attached hydrogens (tertiary/aromatic N) is 4. The van der Waals surface area contributed by atoms with Gasteiger partial charge in [-0.1, -0.05) is 40.6 Å². The first-order chi connectivity index (χ1) is 12.6. The van der Waals surface area contributed by atoms with Gasteiger partial charge in [0.1, 0.15) is 5.01 Å². The van der Waals surface area contributed by atoms with Crippen molar-refractivity contribution >= 4 is 39.5 Å². The van der Waals surface area contributed by atoms with Crippen molar-refractivity contribution in [2.24, 2.45) is 17.8 Å². The van der Waals surface area contributed by atoms with Gasteiger partial charge in [-0.15, -0.1) is 10.2 Å². The second-order valence-electron chi connectivity index (χ2n) is 8.45. The van der Waals surface area contributed by atoms with Crippen molar-refractivity contribution in [1.82, 2.24) is 19.8 Å². The van der Waals surface area contributed by atoms with Crippen LogP contribution in [0, 0.1) is 17.8 Å². The summed E-state index contributed by atoms with van der Waals surface area (Å²) in [6.07, 6.45) is 8.06. The van der Waals surface area contributed by atoms with E-state index in [1.54, 1.807) is 11.3 Å². The second kappa shape index (κ2) is 5.43. The summed E-state index contributed by atoms with van der Waals surface area (Å²) in [6.45, 7) is 0. The number of aromatic nitrogens is 4. The van der Waals surface area contributed by atoms with Crippen LogP contribution in [0.15, 0.2) is 18.2 Å². The van der Waals surface area contributed by atoms with Gasteiger partial charge in [0.15, 0.2) is 5.82 Å². The molecule has 0 aliphatic heterocycles. The van der Waals surface area contributed by atoms with Gasteiger partial charge >= 0.3 is 0 Å². The molecular weight excluding hydrogens is 387 g/mol. The van der Waals surface area contributed by atoms with Crippen LogP contribution < -0.4 is 0 Å². The highest BCUT2D eigenvalue weighted by Gasteiger charge is 2.54. The third-order valence-corrected chi connectivity index (χ3v) is 8.36. The average molecular weight is 405 g/mol. The van der Waals surface area contributed by atoms with Crippen LogP contribution in [0.1, 0.15) is 44.3 Å². The van der Waals surface area contributed by atoms with E-state index >= 15 is 0 Å². The minimum atomic E-state index is 0.192. The van der Waals surface area contributed by atoms with E-state index in [9.17, 15) is 0 Å². The molecule has 7 heteroatoms. The minimum Gasteiger partial charge on any atom is -0.186 e. The topological polar surface area (TPSA) is 43.1 Å². The van der Waals surface area contributed by atoms with Crippen molar-refractivity contribution in [3.63, 3.8) is 0 Å². The lowest BCUT2D eigenvalue weighted by atomic mass is 9.49. The Balaban J connectivity index is 1.45. The summed E-state index contributed by atoms with van der Waals surface area (Å²) in [6, 6.07) is 5.66. The number of fused-ring (bicyclic) bond motifs is 1. The van der Waals surface area contributed by atoms with Crippen LogP contribution in [0.3, 0.4) is 0 Å². The van der Waals surface area contributed by atoms with Crippen molar-refractivity contribution in [2.45, 2.75) is 43.9 Å². The lowest BCUT2D eigenvalue weighted by Crippen LogP contribution is -2.49. The van der Waals surface area contributed by atoms with Crippen LogP contribution in [0.2, 0.25) is 10.0 Å². The van der Waals surface area contributed by atoms with Gasteiger partial charge in [-0.05, 0) is 68.4 Å². The van der Waals surface area contributed by atoms with Crippen molar-refractivity contribution < 1.29 is 0 Å². The van der Waals surface area contributed by atoms with Crippen molar-refractivity contribution in [2.75, 3.05) is 0 Å². The van der Waals surface area contributed by atoms with E-state index < -0.39 is 0 Å². The number of hydrogen-bond donors (Lipinski definition) is 0. The molecule has 7 rings (SSSR count). The monoisotopic (exact) mass is 404 g/mol.